The van der Waals surface area contributed by atoms with Crippen molar-refractivity contribution in [3.05, 3.63) is 89.7 Å². The Kier molecular flexibility index (Phi) is 5.83. The maximum absolute atomic E-state index is 13.5. The highest BCUT2D eigenvalue weighted by atomic mass is 32.2. The fourth-order valence-corrected chi connectivity index (χ4v) is 4.57. The van der Waals surface area contributed by atoms with Gasteiger partial charge in [-0.15, -0.1) is 0 Å². The Morgan fingerprint density at radius 1 is 1.12 bits per heavy atom. The SMILES string of the molecule is COc1ccc(C2=NN(C(=O)CSc3nc4ccccc4[nH]3)[C@@H](c3ccc(F)cc3)C2)cc1. The molecule has 0 spiro atoms. The number of hydrazone groups is 1. The smallest absolute Gasteiger partial charge is 0.253 e. The van der Waals surface area contributed by atoms with Gasteiger partial charge < -0.3 is 9.72 Å². The molecule has 8 heteroatoms. The Morgan fingerprint density at radius 3 is 2.61 bits per heavy atom. The van der Waals surface area contributed by atoms with Crippen LogP contribution in [0.25, 0.3) is 11.0 Å². The summed E-state index contributed by atoms with van der Waals surface area (Å²) in [6, 6.07) is 21.3. The minimum Gasteiger partial charge on any atom is -0.497 e. The fourth-order valence-electron chi connectivity index (χ4n) is 3.84. The van der Waals surface area contributed by atoms with Crippen molar-refractivity contribution in [1.82, 2.24) is 15.0 Å². The van der Waals surface area contributed by atoms with E-state index in [0.29, 0.717) is 11.6 Å². The Hall–Kier alpha value is -3.65. The first-order valence-electron chi connectivity index (χ1n) is 10.5. The molecule has 1 aliphatic rings. The molecule has 0 aliphatic carbocycles. The van der Waals surface area contributed by atoms with Crippen LogP contribution in [0.5, 0.6) is 5.75 Å². The summed E-state index contributed by atoms with van der Waals surface area (Å²) in [5, 5.41) is 6.87. The maximum Gasteiger partial charge on any atom is 0.253 e. The standard InChI is InChI=1S/C25H21FN4O2S/c1-32-19-12-8-16(9-13-19)22-14-23(17-6-10-18(26)11-7-17)30(29-22)24(31)15-33-25-27-20-4-2-3-5-21(20)28-25/h2-13,23H,14-15H2,1H3,(H,27,28)/t23-/m1/s1. The number of hydrogen-bond acceptors (Lipinski definition) is 5. The lowest BCUT2D eigenvalue weighted by Gasteiger charge is -2.21. The van der Waals surface area contributed by atoms with Crippen molar-refractivity contribution in [2.45, 2.75) is 17.6 Å². The van der Waals surface area contributed by atoms with Gasteiger partial charge in [0, 0.05) is 6.42 Å². The topological polar surface area (TPSA) is 70.6 Å². The van der Waals surface area contributed by atoms with Crippen LogP contribution in [0.2, 0.25) is 0 Å². The van der Waals surface area contributed by atoms with Crippen LogP contribution in [0.1, 0.15) is 23.6 Å². The van der Waals surface area contributed by atoms with Gasteiger partial charge in [-0.25, -0.2) is 14.4 Å². The molecule has 166 valence electrons. The number of benzene rings is 3. The zero-order valence-electron chi connectivity index (χ0n) is 17.9. The summed E-state index contributed by atoms with van der Waals surface area (Å²) in [5.41, 5.74) is 4.35. The second-order valence-corrected chi connectivity index (χ2v) is 8.60. The minimum atomic E-state index is -0.314. The highest BCUT2D eigenvalue weighted by Gasteiger charge is 2.33. The molecular weight excluding hydrogens is 439 g/mol. The average molecular weight is 461 g/mol. The lowest BCUT2D eigenvalue weighted by Crippen LogP contribution is -2.28. The average Bonchev–Trinajstić information content (AvgIpc) is 3.48. The molecule has 0 unspecified atom stereocenters. The second kappa shape index (κ2) is 9.07. The number of nitrogens with one attached hydrogen (secondary N) is 1. The van der Waals surface area contributed by atoms with E-state index >= 15 is 0 Å². The first-order valence-corrected chi connectivity index (χ1v) is 11.5. The number of nitrogens with zero attached hydrogens (tertiary/aromatic N) is 3. The van der Waals surface area contributed by atoms with Crippen LogP contribution in [-0.2, 0) is 4.79 Å². The van der Waals surface area contributed by atoms with E-state index in [1.165, 1.54) is 28.9 Å². The number of H-pyrrole nitrogens is 1. The quantitative estimate of drug-likeness (QED) is 0.403. The number of imidazole rings is 1. The van der Waals surface area contributed by atoms with E-state index in [-0.39, 0.29) is 23.5 Å². The largest absolute Gasteiger partial charge is 0.497 e. The van der Waals surface area contributed by atoms with E-state index in [2.05, 4.69) is 15.1 Å². The maximum atomic E-state index is 13.5. The van der Waals surface area contributed by atoms with E-state index in [1.807, 2.05) is 48.5 Å². The van der Waals surface area contributed by atoms with Crippen molar-refractivity contribution in [2.24, 2.45) is 5.10 Å². The second-order valence-electron chi connectivity index (χ2n) is 7.63. The number of para-hydroxylation sites is 2. The Morgan fingerprint density at radius 2 is 1.88 bits per heavy atom. The van der Waals surface area contributed by atoms with E-state index in [4.69, 9.17) is 4.74 Å². The van der Waals surface area contributed by atoms with E-state index < -0.39 is 0 Å². The van der Waals surface area contributed by atoms with Gasteiger partial charge in [0.1, 0.15) is 11.6 Å². The number of carbonyl (C=O) groups excluding carboxylic acids is 1. The van der Waals surface area contributed by atoms with Gasteiger partial charge in [0.25, 0.3) is 5.91 Å². The minimum absolute atomic E-state index is 0.140. The van der Waals surface area contributed by atoms with Gasteiger partial charge in [-0.2, -0.15) is 5.10 Å². The number of fused-ring (bicyclic) bond motifs is 1. The number of thioether (sulfide) groups is 1. The van der Waals surface area contributed by atoms with E-state index in [9.17, 15) is 9.18 Å². The Balaban J connectivity index is 1.38. The van der Waals surface area contributed by atoms with Gasteiger partial charge in [0.2, 0.25) is 0 Å². The lowest BCUT2D eigenvalue weighted by molar-refractivity contribution is -0.130. The summed E-state index contributed by atoms with van der Waals surface area (Å²) in [4.78, 5) is 21.0. The molecule has 0 saturated heterocycles. The van der Waals surface area contributed by atoms with Gasteiger partial charge in [-0.3, -0.25) is 4.79 Å². The van der Waals surface area contributed by atoms with Gasteiger partial charge in [0.15, 0.2) is 5.16 Å². The summed E-state index contributed by atoms with van der Waals surface area (Å²) in [6.07, 6.45) is 0.541. The summed E-state index contributed by atoms with van der Waals surface area (Å²) in [7, 11) is 1.62. The monoisotopic (exact) mass is 460 g/mol. The molecule has 5 rings (SSSR count). The van der Waals surface area contributed by atoms with Crippen molar-refractivity contribution in [3.8, 4) is 5.75 Å². The molecule has 1 N–H and O–H groups in total. The predicted molar refractivity (Wildman–Crippen MR) is 127 cm³/mol. The summed E-state index contributed by atoms with van der Waals surface area (Å²) < 4.78 is 18.7. The third-order valence-electron chi connectivity index (χ3n) is 5.54. The number of rotatable bonds is 6. The summed E-state index contributed by atoms with van der Waals surface area (Å²) in [5.74, 6) is 0.476. The number of carbonyl (C=O) groups is 1. The van der Waals surface area contributed by atoms with E-state index in [1.54, 1.807) is 19.2 Å². The van der Waals surface area contributed by atoms with Crippen LogP contribution >= 0.6 is 11.8 Å². The van der Waals surface area contributed by atoms with Crippen LogP contribution in [-0.4, -0.2) is 39.5 Å². The molecule has 1 aromatic heterocycles. The molecule has 2 heterocycles. The highest BCUT2D eigenvalue weighted by Crippen LogP contribution is 2.34. The van der Waals surface area contributed by atoms with Gasteiger partial charge >= 0.3 is 0 Å². The van der Waals surface area contributed by atoms with Crippen molar-refractivity contribution < 1.29 is 13.9 Å². The number of methoxy groups -OCH3 is 1. The molecule has 1 amide bonds. The van der Waals surface area contributed by atoms with Crippen LogP contribution in [0, 0.1) is 5.82 Å². The number of ether oxygens (including phenoxy) is 1. The first-order chi connectivity index (χ1) is 16.1. The molecule has 3 aromatic carbocycles. The van der Waals surface area contributed by atoms with Crippen LogP contribution in [0.4, 0.5) is 4.39 Å². The number of hydrogen-bond donors (Lipinski definition) is 1. The molecule has 6 nitrogen and oxygen atoms in total. The molecule has 33 heavy (non-hydrogen) atoms. The van der Waals surface area contributed by atoms with Crippen molar-refractivity contribution >= 4 is 34.4 Å². The normalized spacial score (nSPS) is 15.6. The molecule has 0 saturated carbocycles. The molecule has 0 fully saturated rings. The first kappa shape index (κ1) is 21.2. The van der Waals surface area contributed by atoms with Crippen molar-refractivity contribution in [1.29, 1.82) is 0 Å². The number of amides is 1. The van der Waals surface area contributed by atoms with Crippen molar-refractivity contribution in [2.75, 3.05) is 12.9 Å². The molecule has 0 bridgehead atoms. The predicted octanol–water partition coefficient (Wildman–Crippen LogP) is 5.18. The van der Waals surface area contributed by atoms with E-state index in [0.717, 1.165) is 33.6 Å². The molecule has 1 atom stereocenters. The van der Waals surface area contributed by atoms with Crippen LogP contribution in [0.3, 0.4) is 0 Å². The lowest BCUT2D eigenvalue weighted by atomic mass is 9.98. The number of halogens is 1. The molecule has 4 aromatic rings. The zero-order valence-corrected chi connectivity index (χ0v) is 18.7. The number of aromatic nitrogens is 2. The molecule has 0 radical (unpaired) electrons. The van der Waals surface area contributed by atoms with Crippen LogP contribution in [0.15, 0.2) is 83.1 Å². The third kappa shape index (κ3) is 4.47. The third-order valence-corrected chi connectivity index (χ3v) is 6.40. The van der Waals surface area contributed by atoms with Gasteiger partial charge in [-0.1, -0.05) is 36.0 Å². The summed E-state index contributed by atoms with van der Waals surface area (Å²) >= 11 is 1.34. The van der Waals surface area contributed by atoms with Gasteiger partial charge in [-0.05, 0) is 59.7 Å². The molecule has 1 aliphatic heterocycles. The zero-order chi connectivity index (χ0) is 22.8. The van der Waals surface area contributed by atoms with Crippen LogP contribution < -0.4 is 4.74 Å². The van der Waals surface area contributed by atoms with Crippen molar-refractivity contribution in [3.63, 3.8) is 0 Å². The fraction of sp³-hybridized carbons (Fsp3) is 0.160. The number of aromatic amines is 1. The van der Waals surface area contributed by atoms with Gasteiger partial charge in [0.05, 0.1) is 35.6 Å². The summed E-state index contributed by atoms with van der Waals surface area (Å²) in [6.45, 7) is 0. The highest BCUT2D eigenvalue weighted by molar-refractivity contribution is 7.99. The Bertz CT molecular complexity index is 1290. The molecular formula is C25H21FN4O2S. The Labute approximate surface area is 194 Å².